The number of aromatic nitrogens is 13. The molecule has 0 aliphatic rings. The first kappa shape index (κ1) is 105. The Morgan fingerprint density at radius 1 is 0.309 bits per heavy atom. The molecule has 0 saturated heterocycles. The van der Waals surface area contributed by atoms with Gasteiger partial charge in [-0.3, -0.25) is 4.57 Å². The normalized spacial score (nSPS) is 11.6. The molecule has 0 unspecified atom stereocenters. The number of para-hydroxylation sites is 1. The summed E-state index contributed by atoms with van der Waals surface area (Å²) < 4.78 is 42.7. The van der Waals surface area contributed by atoms with Gasteiger partial charge in [0.05, 0.1) is 68.4 Å². The smallest absolute Gasteiger partial charge is 0.273 e. The summed E-state index contributed by atoms with van der Waals surface area (Å²) in [4.78, 5) is 29.5. The number of imidazole rings is 1. The number of thiazole rings is 5. The first-order chi connectivity index (χ1) is 71.4. The zero-order valence-electron chi connectivity index (χ0n) is 93.1. The number of hydrogen-bond donors (Lipinski definition) is 0. The van der Waals surface area contributed by atoms with E-state index in [0.717, 1.165) is 95.8 Å². The van der Waals surface area contributed by atoms with Crippen molar-refractivity contribution in [3.63, 3.8) is 0 Å². The minimum Gasteiger partial charge on any atom is -0.273 e. The molecular formula is C130H138FN13S5+6. The minimum atomic E-state index is -0.670. The number of pyridine rings is 6. The second kappa shape index (κ2) is 44.4. The SMILES string of the molecule is Cc1cc(C)c(C)c(-c2c3nc(-c4c(C(C)C)cccc4C(C)C)sc3cc[n+]2C)c1.Cc1cc(C)c(C)c(-c2c3nc(-c4ccc(F)cc4)sc3cc[n+]2C)c1.Cc1cc(C)c(C)c(-c2c3nc(-c4ccccc4)sc3cc[n+]2C)c1.Cc1cc(C)c(C)c(-c2c3nc(C)sc3cc[n+]2C)c1.Cc1cc(C)c(C)c(-c2ccc3c(ncn3-c3ccccc3)[n+]2C)c1.[2H]C(C)(C)c1nc2c(-c3cc(C)cc(C)c3C)[n+](C)ccc2s1. The van der Waals surface area contributed by atoms with Gasteiger partial charge in [0.2, 0.25) is 34.8 Å². The van der Waals surface area contributed by atoms with E-state index in [2.05, 4.69) is 451 Å². The van der Waals surface area contributed by atoms with Crippen LogP contribution in [0.15, 0.2) is 256 Å². The molecule has 22 rings (SSSR count). The largest absolute Gasteiger partial charge is 0.349 e. The second-order valence-corrected chi connectivity index (χ2v) is 46.6. The maximum Gasteiger partial charge on any atom is 0.349 e. The number of halogens is 1. The van der Waals surface area contributed by atoms with Crippen LogP contribution in [-0.4, -0.2) is 34.5 Å². The van der Waals surface area contributed by atoms with Gasteiger partial charge in [-0.15, -0.1) is 56.7 Å². The highest BCUT2D eigenvalue weighted by atomic mass is 32.1. The quantitative estimate of drug-likeness (QED) is 0.107. The zero-order chi connectivity index (χ0) is 107. The number of benzene rings is 10. The Hall–Kier alpha value is -14.1. The van der Waals surface area contributed by atoms with E-state index in [1.54, 1.807) is 57.5 Å². The van der Waals surface area contributed by atoms with Crippen molar-refractivity contribution in [1.29, 1.82) is 0 Å². The van der Waals surface area contributed by atoms with Gasteiger partial charge in [0.25, 0.3) is 0 Å². The van der Waals surface area contributed by atoms with Gasteiger partial charge in [-0.05, 0) is 311 Å². The molecule has 0 aliphatic carbocycles. The molecule has 10 aromatic carbocycles. The van der Waals surface area contributed by atoms with Crippen LogP contribution >= 0.6 is 56.7 Å². The van der Waals surface area contributed by atoms with Crippen LogP contribution in [0.25, 0.3) is 167 Å². The molecule has 12 aromatic heterocycles. The fraction of sp³-hybridized carbons (Fsp3) is 0.262. The second-order valence-electron chi connectivity index (χ2n) is 41.2. The molecule has 0 atom stereocenters. The summed E-state index contributed by atoms with van der Waals surface area (Å²) in [6.45, 7) is 54.1. The highest BCUT2D eigenvalue weighted by molar-refractivity contribution is 7.22. The van der Waals surface area contributed by atoms with E-state index in [1.807, 2.05) is 43.6 Å². The van der Waals surface area contributed by atoms with Gasteiger partial charge in [-0.1, -0.05) is 178 Å². The van der Waals surface area contributed by atoms with Crippen molar-refractivity contribution in [3.05, 3.63) is 383 Å². The van der Waals surface area contributed by atoms with Crippen LogP contribution in [0.1, 0.15) is 182 Å². The lowest BCUT2D eigenvalue weighted by Gasteiger charge is -2.17. The topological polar surface area (TPSA) is 106 Å². The summed E-state index contributed by atoms with van der Waals surface area (Å²) in [5.74, 6) is 0.0145. The molecule has 13 nitrogen and oxygen atoms in total. The number of rotatable bonds is 13. The molecule has 0 aliphatic heterocycles. The predicted octanol–water partition coefficient (Wildman–Crippen LogP) is 31.8. The molecule has 22 aromatic rings. The average Bonchev–Trinajstić information content (AvgIpc) is 1.61. The molecule has 12 heterocycles. The van der Waals surface area contributed by atoms with Gasteiger partial charge in [0.15, 0.2) is 58.6 Å². The Bertz CT molecular complexity index is 8910. The van der Waals surface area contributed by atoms with Gasteiger partial charge < -0.3 is 0 Å². The van der Waals surface area contributed by atoms with Gasteiger partial charge in [-0.2, -0.15) is 22.8 Å². The maximum absolute atomic E-state index is 13.2. The Morgan fingerprint density at radius 3 is 0.993 bits per heavy atom. The average molecular weight is 2060 g/mol. The number of fused-ring (bicyclic) bond motifs is 6. The third kappa shape index (κ3) is 22.1. The highest BCUT2D eigenvalue weighted by Gasteiger charge is 2.31. The van der Waals surface area contributed by atoms with Crippen molar-refractivity contribution in [2.75, 3.05) is 0 Å². The van der Waals surface area contributed by atoms with E-state index in [9.17, 15) is 4.39 Å². The van der Waals surface area contributed by atoms with Crippen molar-refractivity contribution in [2.45, 2.75) is 191 Å². The lowest BCUT2D eigenvalue weighted by Crippen LogP contribution is -2.32. The lowest BCUT2D eigenvalue weighted by atomic mass is 9.89. The van der Waals surface area contributed by atoms with Crippen LogP contribution in [0.4, 0.5) is 4.39 Å². The van der Waals surface area contributed by atoms with Gasteiger partial charge in [0, 0.05) is 65.5 Å². The number of hydrogen-bond acceptors (Lipinski definition) is 11. The van der Waals surface area contributed by atoms with Crippen molar-refractivity contribution >= 4 is 119 Å². The van der Waals surface area contributed by atoms with Crippen LogP contribution in [0.5, 0.6) is 0 Å². The van der Waals surface area contributed by atoms with Crippen molar-refractivity contribution < 1.29 is 33.2 Å². The van der Waals surface area contributed by atoms with E-state index < -0.39 is 5.89 Å². The Kier molecular flexibility index (Phi) is 31.2. The zero-order valence-corrected chi connectivity index (χ0v) is 96.2. The van der Waals surface area contributed by atoms with Crippen LogP contribution < -0.4 is 27.4 Å². The Morgan fingerprint density at radius 2 is 0.624 bits per heavy atom. The van der Waals surface area contributed by atoms with Crippen LogP contribution in [-0.2, 0) is 42.3 Å². The highest BCUT2D eigenvalue weighted by Crippen LogP contribution is 2.45. The van der Waals surface area contributed by atoms with Gasteiger partial charge in [-0.25, -0.2) is 33.9 Å². The monoisotopic (exact) mass is 2060 g/mol. The molecule has 0 fully saturated rings. The van der Waals surface area contributed by atoms with E-state index in [1.165, 1.54) is 205 Å². The summed E-state index contributed by atoms with van der Waals surface area (Å²) >= 11 is 8.60. The minimum absolute atomic E-state index is 0.229. The molecular weight excluding hydrogens is 1920 g/mol. The molecule has 0 N–H and O–H groups in total. The summed E-state index contributed by atoms with van der Waals surface area (Å²) in [5, 5.41) is 5.11. The van der Waals surface area contributed by atoms with E-state index in [-0.39, 0.29) is 5.82 Å². The molecule has 19 heteroatoms. The van der Waals surface area contributed by atoms with E-state index >= 15 is 0 Å². The van der Waals surface area contributed by atoms with Gasteiger partial charge in [0.1, 0.15) is 67.3 Å². The third-order valence-electron chi connectivity index (χ3n) is 29.0. The standard InChI is InChI=1S/C28H33N2S.C22H20FN2S.C22H22N3.C22H21N2S.C19H23N2S.C17H19N2S/c1-16(2)21-10-9-11-22(17(3)4)25(21)28-29-26-24(31-28)12-13-30(8)27(26)23-15-18(5)14-19(6)20(23)7;1-13-11-14(2)15(3)18(12-13)21-20-19(9-10-25(21)4)26-22(24-20)16-5-7-17(23)8-6-16;1-15-12-16(2)17(3)19(13-15)20-10-11-21-22(24(20)4)23-14-25(21)18-8-6-5-7-9-18;1-14-12-15(2)16(3)18(13-14)21-20-19(10-11-24(21)4)25-22(23-20)17-8-6-5-7-9-17;1-11(2)19-20-17-16(22-19)7-8-21(6)18(17)15-10-12(3)9-13(4)14(15)5;1-10-8-11(2)12(3)14(9-10)17-16-15(6-7-19(17)5)20-13(4)18-16/h9-17H,1-8H3;5-12H,1-4H3;5-14H,1-4H3;5-13H,1-4H3;7-11H,1-6H3;6-9H,1-5H3/q6*+1/i;;;;11D;. The van der Waals surface area contributed by atoms with E-state index in [4.69, 9.17) is 26.3 Å². The van der Waals surface area contributed by atoms with Crippen LogP contribution in [0.2, 0.25) is 0 Å². The van der Waals surface area contributed by atoms with Crippen molar-refractivity contribution in [3.8, 4) is 105 Å². The molecule has 149 heavy (non-hydrogen) atoms. The lowest BCUT2D eigenvalue weighted by molar-refractivity contribution is -0.659. The molecule has 0 saturated carbocycles. The summed E-state index contributed by atoms with van der Waals surface area (Å²) in [7, 11) is 12.6. The van der Waals surface area contributed by atoms with Crippen molar-refractivity contribution in [2.24, 2.45) is 42.3 Å². The third-order valence-corrected chi connectivity index (χ3v) is 34.3. The Labute approximate surface area is 900 Å². The number of aryl methyl sites for hydroxylation is 19. The fourth-order valence-corrected chi connectivity index (χ4v) is 25.1. The molecule has 754 valence electrons. The first-order valence-corrected chi connectivity index (χ1v) is 55.2. The maximum atomic E-state index is 13.2. The number of nitrogens with zero attached hydrogens (tertiary/aromatic N) is 13. The van der Waals surface area contributed by atoms with Gasteiger partial charge >= 0.3 is 5.65 Å². The molecule has 0 radical (unpaired) electrons. The predicted molar refractivity (Wildman–Crippen MR) is 627 cm³/mol. The summed E-state index contributed by atoms with van der Waals surface area (Å²) in [5.41, 5.74) is 52.8. The van der Waals surface area contributed by atoms with Crippen LogP contribution in [0, 0.1) is 137 Å². The van der Waals surface area contributed by atoms with Crippen molar-refractivity contribution in [1.82, 2.24) is 34.5 Å². The van der Waals surface area contributed by atoms with Crippen LogP contribution in [0.3, 0.4) is 0 Å². The molecule has 0 bridgehead atoms. The molecule has 0 amide bonds. The molecule has 0 spiro atoms. The summed E-state index contributed by atoms with van der Waals surface area (Å²) in [6.07, 6.45) is 12.5. The summed E-state index contributed by atoms with van der Waals surface area (Å²) in [6, 6.07) is 76.1. The Balaban J connectivity index is 0.000000123. The fourth-order valence-electron chi connectivity index (χ4n) is 20.4. The van der Waals surface area contributed by atoms with E-state index in [0.29, 0.717) is 11.8 Å². The first-order valence-electron chi connectivity index (χ1n) is 51.7.